The van der Waals surface area contributed by atoms with Gasteiger partial charge in [-0.05, 0) is 18.2 Å². The van der Waals surface area contributed by atoms with E-state index in [1.165, 1.54) is 6.07 Å². The molecule has 0 fully saturated rings. The minimum absolute atomic E-state index is 0. The molecule has 0 saturated carbocycles. The highest BCUT2D eigenvalue weighted by molar-refractivity contribution is 6.30. The highest BCUT2D eigenvalue weighted by Crippen LogP contribution is 2.35. The van der Waals surface area contributed by atoms with Crippen molar-refractivity contribution in [2.75, 3.05) is 0 Å². The van der Waals surface area contributed by atoms with Crippen LogP contribution in [0.5, 0.6) is 5.75 Å². The van der Waals surface area contributed by atoms with Crippen LogP contribution in [-0.4, -0.2) is 11.3 Å². The number of aromatic hydroxyl groups is 1. The number of phenolic OH excluding ortho intramolecular Hbond substituents is 1. The summed E-state index contributed by atoms with van der Waals surface area (Å²) in [5.74, 6) is -0.515. The molecule has 1 aromatic rings. The van der Waals surface area contributed by atoms with E-state index in [1.807, 2.05) is 0 Å². The lowest BCUT2D eigenvalue weighted by molar-refractivity contribution is -0.149. The lowest BCUT2D eigenvalue weighted by Gasteiger charge is -2.16. The molecule has 0 aliphatic rings. The molecule has 15 heavy (non-hydrogen) atoms. The summed E-state index contributed by atoms with van der Waals surface area (Å²) in [6.45, 7) is 0. The van der Waals surface area contributed by atoms with Crippen molar-refractivity contribution in [1.82, 2.24) is 0 Å². The van der Waals surface area contributed by atoms with Gasteiger partial charge < -0.3 is 10.8 Å². The summed E-state index contributed by atoms with van der Waals surface area (Å²) in [6, 6.07) is 1.13. The minimum Gasteiger partial charge on any atom is -0.508 e. The van der Waals surface area contributed by atoms with Gasteiger partial charge in [0.05, 0.1) is 0 Å². The van der Waals surface area contributed by atoms with Gasteiger partial charge in [-0.2, -0.15) is 13.2 Å². The van der Waals surface area contributed by atoms with E-state index in [9.17, 15) is 13.2 Å². The molecule has 0 saturated heterocycles. The Morgan fingerprint density at radius 3 is 2.33 bits per heavy atom. The maximum atomic E-state index is 12.2. The van der Waals surface area contributed by atoms with Crippen LogP contribution in [0.15, 0.2) is 18.2 Å². The van der Waals surface area contributed by atoms with Gasteiger partial charge in [-0.15, -0.1) is 12.4 Å². The molecule has 0 aliphatic carbocycles. The highest BCUT2D eigenvalue weighted by atomic mass is 35.5. The number of benzene rings is 1. The topological polar surface area (TPSA) is 46.2 Å². The largest absolute Gasteiger partial charge is 0.508 e. The van der Waals surface area contributed by atoms with Crippen LogP contribution in [0.1, 0.15) is 11.6 Å². The van der Waals surface area contributed by atoms with Crippen LogP contribution in [0.4, 0.5) is 13.2 Å². The fourth-order valence-electron chi connectivity index (χ4n) is 0.951. The number of nitrogens with two attached hydrogens (primary N) is 1. The van der Waals surface area contributed by atoms with Crippen molar-refractivity contribution >= 4 is 24.0 Å². The monoisotopic (exact) mass is 261 g/mol. The molecule has 1 aromatic carbocycles. The van der Waals surface area contributed by atoms with Gasteiger partial charge in [-0.3, -0.25) is 0 Å². The molecular formula is C8H8Cl2F3NO. The summed E-state index contributed by atoms with van der Waals surface area (Å²) >= 11 is 5.48. The summed E-state index contributed by atoms with van der Waals surface area (Å²) in [4.78, 5) is 0. The summed E-state index contributed by atoms with van der Waals surface area (Å²) < 4.78 is 36.5. The van der Waals surface area contributed by atoms with Crippen molar-refractivity contribution in [3.8, 4) is 5.75 Å². The normalized spacial score (nSPS) is 13.1. The number of rotatable bonds is 1. The molecular weight excluding hydrogens is 254 g/mol. The predicted octanol–water partition coefficient (Wildman–Crippen LogP) is 3.03. The molecule has 2 nitrogen and oxygen atoms in total. The summed E-state index contributed by atoms with van der Waals surface area (Å²) in [6.07, 6.45) is -4.60. The predicted molar refractivity (Wildman–Crippen MR) is 53.3 cm³/mol. The van der Waals surface area contributed by atoms with E-state index in [4.69, 9.17) is 22.4 Å². The van der Waals surface area contributed by atoms with Gasteiger partial charge in [0.15, 0.2) is 0 Å². The first-order valence-corrected chi connectivity index (χ1v) is 4.01. The smallest absolute Gasteiger partial charge is 0.407 e. The Labute approximate surface area is 95.2 Å². The summed E-state index contributed by atoms with van der Waals surface area (Å²) in [5.41, 5.74) is 4.47. The number of hydrogen-bond acceptors (Lipinski definition) is 2. The van der Waals surface area contributed by atoms with Crippen molar-refractivity contribution in [3.63, 3.8) is 0 Å². The van der Waals surface area contributed by atoms with Crippen molar-refractivity contribution in [3.05, 3.63) is 28.8 Å². The van der Waals surface area contributed by atoms with Gasteiger partial charge in [0.2, 0.25) is 0 Å². The van der Waals surface area contributed by atoms with Gasteiger partial charge in [-0.1, -0.05) is 11.6 Å². The average Bonchev–Trinajstić information content (AvgIpc) is 2.06. The molecule has 0 unspecified atom stereocenters. The molecule has 1 rings (SSSR count). The molecule has 0 aromatic heterocycles. The number of phenols is 1. The van der Waals surface area contributed by atoms with Gasteiger partial charge in [0.25, 0.3) is 0 Å². The Morgan fingerprint density at radius 1 is 1.33 bits per heavy atom. The number of hydrogen-bond donors (Lipinski definition) is 2. The maximum Gasteiger partial charge on any atom is 0.407 e. The van der Waals surface area contributed by atoms with E-state index in [1.54, 1.807) is 0 Å². The Bertz CT molecular complexity index is 343. The van der Waals surface area contributed by atoms with Crippen LogP contribution in [0, 0.1) is 0 Å². The molecule has 0 bridgehead atoms. The standard InChI is InChI=1S/C8H7ClF3NO.ClH/c9-4-1-2-6(14)5(3-4)7(13)8(10,11)12;/h1-3,7,14H,13H2;1H/t7-;/m0./s1. The first kappa shape index (κ1) is 14.3. The fraction of sp³-hybridized carbons (Fsp3) is 0.250. The molecule has 0 radical (unpaired) electrons. The van der Waals surface area contributed by atoms with Crippen LogP contribution in [0.25, 0.3) is 0 Å². The summed E-state index contributed by atoms with van der Waals surface area (Å²) in [7, 11) is 0. The van der Waals surface area contributed by atoms with E-state index >= 15 is 0 Å². The van der Waals surface area contributed by atoms with Crippen molar-refractivity contribution in [1.29, 1.82) is 0 Å². The quantitative estimate of drug-likeness (QED) is 0.817. The first-order chi connectivity index (χ1) is 6.32. The molecule has 0 spiro atoms. The maximum absolute atomic E-state index is 12.2. The second-order valence-corrected chi connectivity index (χ2v) is 3.16. The second-order valence-electron chi connectivity index (χ2n) is 2.72. The van der Waals surface area contributed by atoms with Crippen LogP contribution in [0.2, 0.25) is 5.02 Å². The Morgan fingerprint density at radius 2 is 1.87 bits per heavy atom. The van der Waals surface area contributed by atoms with E-state index in [-0.39, 0.29) is 17.4 Å². The molecule has 86 valence electrons. The second kappa shape index (κ2) is 4.92. The zero-order chi connectivity index (χ0) is 10.9. The van der Waals surface area contributed by atoms with Crippen LogP contribution in [-0.2, 0) is 0 Å². The zero-order valence-electron chi connectivity index (χ0n) is 7.25. The lowest BCUT2D eigenvalue weighted by atomic mass is 10.1. The van der Waals surface area contributed by atoms with Crippen molar-refractivity contribution in [2.24, 2.45) is 5.73 Å². The third-order valence-corrected chi connectivity index (χ3v) is 1.91. The summed E-state index contributed by atoms with van der Waals surface area (Å²) in [5, 5.41) is 9.22. The van der Waals surface area contributed by atoms with Gasteiger partial charge >= 0.3 is 6.18 Å². The number of alkyl halides is 3. The third kappa shape index (κ3) is 3.44. The zero-order valence-corrected chi connectivity index (χ0v) is 8.83. The Hall–Kier alpha value is -0.650. The third-order valence-electron chi connectivity index (χ3n) is 1.68. The fourth-order valence-corrected chi connectivity index (χ4v) is 1.13. The Kier molecular flexibility index (Phi) is 4.70. The minimum atomic E-state index is -4.60. The van der Waals surface area contributed by atoms with Crippen LogP contribution in [0.3, 0.4) is 0 Å². The molecule has 0 amide bonds. The van der Waals surface area contributed by atoms with Gasteiger partial charge in [0, 0.05) is 10.6 Å². The van der Waals surface area contributed by atoms with Crippen LogP contribution < -0.4 is 5.73 Å². The highest BCUT2D eigenvalue weighted by Gasteiger charge is 2.39. The molecule has 0 heterocycles. The average molecular weight is 262 g/mol. The molecule has 3 N–H and O–H groups in total. The van der Waals surface area contributed by atoms with Crippen molar-refractivity contribution in [2.45, 2.75) is 12.2 Å². The molecule has 7 heteroatoms. The van der Waals surface area contributed by atoms with E-state index in [2.05, 4.69) is 0 Å². The number of halogens is 5. The van der Waals surface area contributed by atoms with E-state index < -0.39 is 23.5 Å². The van der Waals surface area contributed by atoms with Crippen LogP contribution >= 0.6 is 24.0 Å². The van der Waals surface area contributed by atoms with Gasteiger partial charge in [0.1, 0.15) is 11.8 Å². The molecule has 0 aliphatic heterocycles. The first-order valence-electron chi connectivity index (χ1n) is 3.63. The van der Waals surface area contributed by atoms with Gasteiger partial charge in [-0.25, -0.2) is 0 Å². The SMILES string of the molecule is Cl.N[C@@H](c1cc(Cl)ccc1O)C(F)(F)F. The van der Waals surface area contributed by atoms with Crippen molar-refractivity contribution < 1.29 is 18.3 Å². The van der Waals surface area contributed by atoms with E-state index in [0.29, 0.717) is 0 Å². The lowest BCUT2D eigenvalue weighted by Crippen LogP contribution is -2.28. The molecule has 1 atom stereocenters. The van der Waals surface area contributed by atoms with E-state index in [0.717, 1.165) is 12.1 Å². The Balaban J connectivity index is 0.00000196.